The summed E-state index contributed by atoms with van der Waals surface area (Å²) in [5.41, 5.74) is 0.259. The number of sulfonamides is 1. The van der Waals surface area contributed by atoms with Crippen molar-refractivity contribution in [2.24, 2.45) is 5.14 Å². The molecule has 1 aromatic rings. The van der Waals surface area contributed by atoms with Crippen molar-refractivity contribution in [3.05, 3.63) is 35.6 Å². The monoisotopic (exact) mass is 316 g/mol. The lowest BCUT2D eigenvalue weighted by molar-refractivity contribution is -0.130. The van der Waals surface area contributed by atoms with Gasteiger partial charge in [-0.3, -0.25) is 4.79 Å². The van der Waals surface area contributed by atoms with Gasteiger partial charge in [0.15, 0.2) is 0 Å². The molecule has 116 valence electrons. The van der Waals surface area contributed by atoms with Crippen molar-refractivity contribution in [3.63, 3.8) is 0 Å². The molecule has 0 aliphatic carbocycles. The number of halogens is 1. The molecule has 0 radical (unpaired) electrons. The normalized spacial score (nSPS) is 20.8. The largest absolute Gasteiger partial charge is 0.396 e. The van der Waals surface area contributed by atoms with Gasteiger partial charge in [0.25, 0.3) is 0 Å². The number of aliphatic hydroxyl groups excluding tert-OH is 1. The van der Waals surface area contributed by atoms with E-state index in [0.717, 1.165) is 0 Å². The fourth-order valence-corrected chi connectivity index (χ4v) is 3.31. The number of hydrogen-bond acceptors (Lipinski definition) is 4. The second-order valence-electron chi connectivity index (χ2n) is 5.01. The fourth-order valence-electron chi connectivity index (χ4n) is 2.57. The van der Waals surface area contributed by atoms with E-state index in [4.69, 9.17) is 10.2 Å². The Hall–Kier alpha value is -1.51. The van der Waals surface area contributed by atoms with Crippen molar-refractivity contribution in [1.29, 1.82) is 0 Å². The van der Waals surface area contributed by atoms with E-state index in [2.05, 4.69) is 0 Å². The molecular weight excluding hydrogens is 299 g/mol. The molecule has 6 nitrogen and oxygen atoms in total. The van der Waals surface area contributed by atoms with Crippen LogP contribution in [0.4, 0.5) is 4.39 Å². The Morgan fingerprint density at radius 1 is 1.43 bits per heavy atom. The summed E-state index contributed by atoms with van der Waals surface area (Å²) >= 11 is 0. The van der Waals surface area contributed by atoms with Gasteiger partial charge in [-0.05, 0) is 12.5 Å². The zero-order chi connectivity index (χ0) is 15.6. The first kappa shape index (κ1) is 15.9. The Bertz CT molecular complexity index is 635. The Labute approximate surface area is 122 Å². The molecule has 0 saturated carbocycles. The maximum absolute atomic E-state index is 13.9. The van der Waals surface area contributed by atoms with Gasteiger partial charge < -0.3 is 10.0 Å². The molecule has 2 unspecified atom stereocenters. The van der Waals surface area contributed by atoms with E-state index < -0.39 is 33.0 Å². The van der Waals surface area contributed by atoms with Crippen LogP contribution >= 0.6 is 0 Å². The summed E-state index contributed by atoms with van der Waals surface area (Å²) in [6.07, 6.45) is -0.0841. The van der Waals surface area contributed by atoms with E-state index >= 15 is 0 Å². The molecule has 1 saturated heterocycles. The van der Waals surface area contributed by atoms with Crippen molar-refractivity contribution in [2.45, 2.75) is 24.1 Å². The fraction of sp³-hybridized carbons (Fsp3) is 0.462. The molecule has 8 heteroatoms. The van der Waals surface area contributed by atoms with Crippen molar-refractivity contribution < 1.29 is 22.7 Å². The average Bonchev–Trinajstić information content (AvgIpc) is 2.79. The number of carbonyl (C=O) groups excluding carboxylic acids is 1. The van der Waals surface area contributed by atoms with Crippen molar-refractivity contribution in [2.75, 3.05) is 13.2 Å². The minimum atomic E-state index is -3.83. The number of likely N-dealkylation sites (tertiary alicyclic amines) is 1. The molecule has 2 atom stereocenters. The summed E-state index contributed by atoms with van der Waals surface area (Å²) in [6, 6.07) is 5.23. The maximum atomic E-state index is 13.9. The Balaban J connectivity index is 2.32. The standard InChI is InChI=1S/C13H17FN2O4S/c14-11-4-2-1-3-10(11)12(5-6-17)16-8-9(7-13(16)18)21(15,19)20/h1-4,9,12,17H,5-8H2,(H2,15,19,20). The minimum absolute atomic E-state index is 0.0866. The SMILES string of the molecule is NS(=O)(=O)C1CC(=O)N(C(CCO)c2ccccc2F)C1. The number of hydrogen-bond donors (Lipinski definition) is 2. The molecule has 2 rings (SSSR count). The van der Waals surface area contributed by atoms with Gasteiger partial charge in [0, 0.05) is 25.1 Å². The summed E-state index contributed by atoms with van der Waals surface area (Å²) in [7, 11) is -3.83. The van der Waals surface area contributed by atoms with Crippen LogP contribution in [0, 0.1) is 5.82 Å². The lowest BCUT2D eigenvalue weighted by Crippen LogP contribution is -2.35. The van der Waals surface area contributed by atoms with Crippen molar-refractivity contribution in [3.8, 4) is 0 Å². The van der Waals surface area contributed by atoms with Gasteiger partial charge in [0.05, 0.1) is 6.04 Å². The van der Waals surface area contributed by atoms with E-state index in [1.807, 2.05) is 0 Å². The molecule has 3 N–H and O–H groups in total. The van der Waals surface area contributed by atoms with Crippen molar-refractivity contribution in [1.82, 2.24) is 4.90 Å². The molecule has 1 aliphatic heterocycles. The van der Waals surface area contributed by atoms with E-state index in [1.165, 1.54) is 23.1 Å². The first-order valence-corrected chi connectivity index (χ1v) is 8.12. The van der Waals surface area contributed by atoms with Crippen LogP contribution in [0.3, 0.4) is 0 Å². The lowest BCUT2D eigenvalue weighted by atomic mass is 10.0. The summed E-state index contributed by atoms with van der Waals surface area (Å²) in [5.74, 6) is -0.904. The highest BCUT2D eigenvalue weighted by molar-refractivity contribution is 7.89. The Kier molecular flexibility index (Phi) is 4.60. The predicted octanol–water partition coefficient (Wildman–Crippen LogP) is 0.139. The van der Waals surface area contributed by atoms with Gasteiger partial charge in [0.1, 0.15) is 11.1 Å². The van der Waals surface area contributed by atoms with Gasteiger partial charge in [0.2, 0.25) is 15.9 Å². The number of benzene rings is 1. The first-order chi connectivity index (χ1) is 9.84. The second-order valence-corrected chi connectivity index (χ2v) is 6.86. The van der Waals surface area contributed by atoms with E-state index in [9.17, 15) is 17.6 Å². The molecule has 1 aliphatic rings. The molecule has 21 heavy (non-hydrogen) atoms. The summed E-state index contributed by atoms with van der Waals surface area (Å²) in [6.45, 7) is -0.334. The lowest BCUT2D eigenvalue weighted by Gasteiger charge is -2.28. The summed E-state index contributed by atoms with van der Waals surface area (Å²) < 4.78 is 36.7. The Morgan fingerprint density at radius 2 is 2.10 bits per heavy atom. The van der Waals surface area contributed by atoms with E-state index in [1.54, 1.807) is 6.07 Å². The molecule has 1 fully saturated rings. The van der Waals surface area contributed by atoms with Crippen LogP contribution in [-0.4, -0.2) is 42.7 Å². The molecule has 0 aromatic heterocycles. The van der Waals surface area contributed by atoms with Crippen LogP contribution in [0.15, 0.2) is 24.3 Å². The van der Waals surface area contributed by atoms with E-state index in [0.29, 0.717) is 0 Å². The highest BCUT2D eigenvalue weighted by atomic mass is 32.2. The summed E-state index contributed by atoms with van der Waals surface area (Å²) in [5, 5.41) is 13.2. The molecular formula is C13H17FN2O4S. The number of nitrogens with two attached hydrogens (primary N) is 1. The number of rotatable bonds is 5. The Morgan fingerprint density at radius 3 is 2.62 bits per heavy atom. The third-order valence-corrected chi connectivity index (χ3v) is 4.88. The molecule has 1 aromatic carbocycles. The second kappa shape index (κ2) is 6.08. The van der Waals surface area contributed by atoms with Crippen LogP contribution in [-0.2, 0) is 14.8 Å². The molecule has 1 amide bonds. The van der Waals surface area contributed by atoms with Crippen LogP contribution in [0.2, 0.25) is 0 Å². The maximum Gasteiger partial charge on any atom is 0.224 e. The van der Waals surface area contributed by atoms with Crippen LogP contribution < -0.4 is 5.14 Å². The summed E-state index contributed by atoms with van der Waals surface area (Å²) in [4.78, 5) is 13.3. The highest BCUT2D eigenvalue weighted by Crippen LogP contribution is 2.31. The first-order valence-electron chi connectivity index (χ1n) is 6.51. The number of aliphatic hydroxyl groups is 1. The van der Waals surface area contributed by atoms with Gasteiger partial charge in [-0.1, -0.05) is 18.2 Å². The predicted molar refractivity (Wildman–Crippen MR) is 74.1 cm³/mol. The van der Waals surface area contributed by atoms with Gasteiger partial charge >= 0.3 is 0 Å². The molecule has 1 heterocycles. The van der Waals surface area contributed by atoms with Crippen LogP contribution in [0.25, 0.3) is 0 Å². The third kappa shape index (κ3) is 3.39. The zero-order valence-electron chi connectivity index (χ0n) is 11.3. The molecule has 0 spiro atoms. The average molecular weight is 316 g/mol. The van der Waals surface area contributed by atoms with Crippen LogP contribution in [0.5, 0.6) is 0 Å². The number of amides is 1. The van der Waals surface area contributed by atoms with Crippen LogP contribution in [0.1, 0.15) is 24.4 Å². The smallest absolute Gasteiger partial charge is 0.224 e. The minimum Gasteiger partial charge on any atom is -0.396 e. The number of primary sulfonamides is 1. The van der Waals surface area contributed by atoms with Gasteiger partial charge in [-0.15, -0.1) is 0 Å². The number of carbonyl (C=O) groups is 1. The molecule has 0 bridgehead atoms. The quantitative estimate of drug-likeness (QED) is 0.807. The zero-order valence-corrected chi connectivity index (χ0v) is 12.1. The van der Waals surface area contributed by atoms with E-state index in [-0.39, 0.29) is 31.6 Å². The number of nitrogens with zero attached hydrogens (tertiary/aromatic N) is 1. The van der Waals surface area contributed by atoms with Gasteiger partial charge in [-0.2, -0.15) is 0 Å². The topological polar surface area (TPSA) is 101 Å². The highest BCUT2D eigenvalue weighted by Gasteiger charge is 2.40. The van der Waals surface area contributed by atoms with Gasteiger partial charge in [-0.25, -0.2) is 17.9 Å². The van der Waals surface area contributed by atoms with Crippen molar-refractivity contribution >= 4 is 15.9 Å². The third-order valence-electron chi connectivity index (χ3n) is 3.63.